The highest BCUT2D eigenvalue weighted by molar-refractivity contribution is 7.89. The first-order valence-corrected chi connectivity index (χ1v) is 11.9. The summed E-state index contributed by atoms with van der Waals surface area (Å²) in [5, 5.41) is 5.52. The second-order valence-corrected chi connectivity index (χ2v) is 11.5. The minimum Gasteiger partial charge on any atom is -0.340 e. The van der Waals surface area contributed by atoms with Crippen LogP contribution in [-0.2, 0) is 20.2 Å². The van der Waals surface area contributed by atoms with Crippen LogP contribution in [0.5, 0.6) is 0 Å². The number of sulfonamides is 1. The van der Waals surface area contributed by atoms with Crippen molar-refractivity contribution in [1.82, 2.24) is 9.62 Å². The van der Waals surface area contributed by atoms with Crippen molar-refractivity contribution in [3.63, 3.8) is 0 Å². The Balaban J connectivity index is 2.18. The highest BCUT2D eigenvalue weighted by atomic mass is 32.2. The molecule has 7 nitrogen and oxygen atoms in total. The smallest absolute Gasteiger partial charge is 0.251 e. The maximum Gasteiger partial charge on any atom is 0.251 e. The molecule has 32 heavy (non-hydrogen) atoms. The molecule has 0 saturated heterocycles. The van der Waals surface area contributed by atoms with Crippen molar-refractivity contribution in [2.24, 2.45) is 5.92 Å². The van der Waals surface area contributed by atoms with Gasteiger partial charge in [0.2, 0.25) is 15.9 Å². The van der Waals surface area contributed by atoms with Crippen molar-refractivity contribution in [1.29, 1.82) is 0 Å². The van der Waals surface area contributed by atoms with E-state index in [4.69, 9.17) is 0 Å². The van der Waals surface area contributed by atoms with Gasteiger partial charge in [-0.15, -0.1) is 0 Å². The van der Waals surface area contributed by atoms with Gasteiger partial charge in [-0.1, -0.05) is 52.8 Å². The van der Waals surface area contributed by atoms with Gasteiger partial charge < -0.3 is 10.6 Å². The average molecular weight is 460 g/mol. The fourth-order valence-electron chi connectivity index (χ4n) is 3.05. The zero-order valence-corrected chi connectivity index (χ0v) is 20.6. The predicted octanol–water partition coefficient (Wildman–Crippen LogP) is 3.63. The maximum absolute atomic E-state index is 12.9. The largest absolute Gasteiger partial charge is 0.340 e. The molecule has 0 bridgehead atoms. The molecule has 174 valence electrons. The Labute approximate surface area is 191 Å². The third-order valence-electron chi connectivity index (χ3n) is 5.13. The van der Waals surface area contributed by atoms with Gasteiger partial charge in [0.25, 0.3) is 5.91 Å². The second-order valence-electron chi connectivity index (χ2n) is 9.33. The van der Waals surface area contributed by atoms with Crippen molar-refractivity contribution in [2.75, 3.05) is 19.4 Å². The van der Waals surface area contributed by atoms with Gasteiger partial charge >= 0.3 is 0 Å². The van der Waals surface area contributed by atoms with Crippen molar-refractivity contribution in [3.8, 4) is 0 Å². The molecule has 2 aromatic carbocycles. The number of nitrogens with zero attached hydrogens (tertiary/aromatic N) is 1. The van der Waals surface area contributed by atoms with Crippen LogP contribution in [-0.4, -0.2) is 44.7 Å². The van der Waals surface area contributed by atoms with Gasteiger partial charge in [0.15, 0.2) is 0 Å². The normalized spacial score (nSPS) is 13.2. The fourth-order valence-corrected chi connectivity index (χ4v) is 3.99. The van der Waals surface area contributed by atoms with Crippen molar-refractivity contribution in [2.45, 2.75) is 51.0 Å². The van der Waals surface area contributed by atoms with Crippen LogP contribution in [0.4, 0.5) is 5.69 Å². The van der Waals surface area contributed by atoms with Crippen LogP contribution in [0.15, 0.2) is 53.4 Å². The van der Waals surface area contributed by atoms with E-state index in [9.17, 15) is 18.0 Å². The van der Waals surface area contributed by atoms with E-state index >= 15 is 0 Å². The Bertz CT molecular complexity index is 1070. The summed E-state index contributed by atoms with van der Waals surface area (Å²) >= 11 is 0. The van der Waals surface area contributed by atoms with Crippen LogP contribution in [0, 0.1) is 5.92 Å². The summed E-state index contributed by atoms with van der Waals surface area (Å²) in [6, 6.07) is 12.6. The molecule has 0 aliphatic carbocycles. The molecule has 0 heterocycles. The number of hydrogen-bond donors (Lipinski definition) is 2. The molecule has 8 heteroatoms. The van der Waals surface area contributed by atoms with E-state index in [2.05, 4.69) is 31.4 Å². The molecular weight excluding hydrogens is 426 g/mol. The SMILES string of the molecule is CC(C)C(NC(=O)c1ccc(C(C)(C)C)cc1)C(=O)Nc1cccc(S(=O)(=O)N(C)C)c1. The van der Waals surface area contributed by atoms with Gasteiger partial charge in [-0.25, -0.2) is 12.7 Å². The van der Waals surface area contributed by atoms with E-state index in [1.54, 1.807) is 24.3 Å². The highest BCUT2D eigenvalue weighted by Gasteiger charge is 2.26. The summed E-state index contributed by atoms with van der Waals surface area (Å²) in [7, 11) is -0.742. The average Bonchev–Trinajstić information content (AvgIpc) is 2.71. The first-order valence-electron chi connectivity index (χ1n) is 10.5. The minimum atomic E-state index is -3.63. The van der Waals surface area contributed by atoms with Gasteiger partial charge in [-0.05, 0) is 47.2 Å². The van der Waals surface area contributed by atoms with E-state index in [1.165, 1.54) is 26.2 Å². The Hall–Kier alpha value is -2.71. The molecule has 0 aromatic heterocycles. The summed E-state index contributed by atoms with van der Waals surface area (Å²) in [5.41, 5.74) is 1.90. The number of rotatable bonds is 7. The molecule has 1 unspecified atom stereocenters. The summed E-state index contributed by atoms with van der Waals surface area (Å²) in [5.74, 6) is -0.941. The third kappa shape index (κ3) is 6.17. The molecule has 2 rings (SSSR count). The quantitative estimate of drug-likeness (QED) is 0.661. The summed E-state index contributed by atoms with van der Waals surface area (Å²) in [4.78, 5) is 25.8. The highest BCUT2D eigenvalue weighted by Crippen LogP contribution is 2.22. The Morgan fingerprint density at radius 1 is 0.969 bits per heavy atom. The summed E-state index contributed by atoms with van der Waals surface area (Å²) in [6.07, 6.45) is 0. The third-order valence-corrected chi connectivity index (χ3v) is 6.94. The fraction of sp³-hybridized carbons (Fsp3) is 0.417. The van der Waals surface area contributed by atoms with E-state index in [-0.39, 0.29) is 22.1 Å². The van der Waals surface area contributed by atoms with E-state index in [0.29, 0.717) is 11.3 Å². The van der Waals surface area contributed by atoms with Crippen molar-refractivity contribution < 1.29 is 18.0 Å². The molecule has 0 spiro atoms. The summed E-state index contributed by atoms with van der Waals surface area (Å²) < 4.78 is 25.8. The van der Waals surface area contributed by atoms with Crippen molar-refractivity contribution >= 4 is 27.5 Å². The van der Waals surface area contributed by atoms with Gasteiger partial charge in [0, 0.05) is 25.3 Å². The number of hydrogen-bond acceptors (Lipinski definition) is 4. The number of amides is 2. The Kier molecular flexibility index (Phi) is 7.85. The van der Waals surface area contributed by atoms with Gasteiger partial charge in [0.1, 0.15) is 6.04 Å². The topological polar surface area (TPSA) is 95.6 Å². The van der Waals surface area contributed by atoms with Crippen LogP contribution < -0.4 is 10.6 Å². The zero-order valence-electron chi connectivity index (χ0n) is 19.8. The lowest BCUT2D eigenvalue weighted by molar-refractivity contribution is -0.118. The Morgan fingerprint density at radius 2 is 1.56 bits per heavy atom. The lowest BCUT2D eigenvalue weighted by atomic mass is 9.86. The Morgan fingerprint density at radius 3 is 2.06 bits per heavy atom. The zero-order chi connectivity index (χ0) is 24.3. The molecule has 2 amide bonds. The molecule has 0 aliphatic rings. The number of anilines is 1. The van der Waals surface area contributed by atoms with E-state index in [1.807, 2.05) is 26.0 Å². The molecular formula is C24H33N3O4S. The van der Waals surface area contributed by atoms with Crippen LogP contribution in [0.3, 0.4) is 0 Å². The predicted molar refractivity (Wildman–Crippen MR) is 127 cm³/mol. The lowest BCUT2D eigenvalue weighted by Crippen LogP contribution is -2.47. The van der Waals surface area contributed by atoms with Gasteiger partial charge in [0.05, 0.1) is 4.90 Å². The minimum absolute atomic E-state index is 0.0238. The van der Waals surface area contributed by atoms with E-state index in [0.717, 1.165) is 9.87 Å². The van der Waals surface area contributed by atoms with Crippen LogP contribution in [0.1, 0.15) is 50.5 Å². The molecule has 2 N–H and O–H groups in total. The number of nitrogens with one attached hydrogen (secondary N) is 2. The van der Waals surface area contributed by atoms with Crippen LogP contribution >= 0.6 is 0 Å². The van der Waals surface area contributed by atoms with Gasteiger partial charge in [-0.2, -0.15) is 0 Å². The summed E-state index contributed by atoms with van der Waals surface area (Å²) in [6.45, 7) is 9.96. The lowest BCUT2D eigenvalue weighted by Gasteiger charge is -2.23. The number of benzene rings is 2. The molecule has 0 saturated carbocycles. The standard InChI is InChI=1S/C24H33N3O4S/c1-16(2)21(26-22(28)17-11-13-18(14-12-17)24(3,4)5)23(29)25-19-9-8-10-20(15-19)32(30,31)27(6)7/h8-16,21H,1-7H3,(H,25,29)(H,26,28). The molecule has 0 aliphatic heterocycles. The number of carbonyl (C=O) groups excluding carboxylic acids is 2. The van der Waals surface area contributed by atoms with Crippen molar-refractivity contribution in [3.05, 3.63) is 59.7 Å². The first-order chi connectivity index (χ1) is 14.7. The molecule has 0 fully saturated rings. The van der Waals surface area contributed by atoms with Gasteiger partial charge in [-0.3, -0.25) is 9.59 Å². The molecule has 2 aromatic rings. The maximum atomic E-state index is 12.9. The molecule has 1 atom stereocenters. The van der Waals surface area contributed by atoms with Crippen LogP contribution in [0.2, 0.25) is 0 Å². The second kappa shape index (κ2) is 9.83. The van der Waals surface area contributed by atoms with E-state index < -0.39 is 22.0 Å². The number of carbonyl (C=O) groups is 2. The first kappa shape index (κ1) is 25.5. The molecule has 0 radical (unpaired) electrons. The van der Waals surface area contributed by atoms with Crippen LogP contribution in [0.25, 0.3) is 0 Å². The monoisotopic (exact) mass is 459 g/mol.